The highest BCUT2D eigenvalue weighted by atomic mass is 79.9. The Morgan fingerprint density at radius 3 is 2.40 bits per heavy atom. The predicted octanol–water partition coefficient (Wildman–Crippen LogP) is 2.39. The van der Waals surface area contributed by atoms with Crippen molar-refractivity contribution in [2.45, 2.75) is 12.9 Å². The Morgan fingerprint density at radius 2 is 1.93 bits per heavy atom. The van der Waals surface area contributed by atoms with Gasteiger partial charge in [-0.1, -0.05) is 0 Å². The zero-order valence-electron chi connectivity index (χ0n) is 7.44. The van der Waals surface area contributed by atoms with Crippen LogP contribution < -0.4 is 16.2 Å². The van der Waals surface area contributed by atoms with Crippen LogP contribution in [-0.2, 0) is 6.54 Å². The molecule has 1 aromatic rings. The third kappa shape index (κ3) is 3.00. The van der Waals surface area contributed by atoms with E-state index in [1.165, 1.54) is 6.07 Å². The van der Waals surface area contributed by atoms with Crippen molar-refractivity contribution in [2.24, 2.45) is 5.73 Å². The Kier molecular flexibility index (Phi) is 3.46. The third-order valence-corrected chi connectivity index (χ3v) is 2.54. The standard InChI is InChI=1S/C8H8BrF3N2O/c9-7-4(3-13)5(14)1-2-6(7)15-8(10,11)12/h1-2H,3,13-14H2. The predicted molar refractivity (Wildman–Crippen MR) is 53.1 cm³/mol. The SMILES string of the molecule is NCc1c(N)ccc(OC(F)(F)F)c1Br. The molecule has 0 saturated carbocycles. The molecule has 0 radical (unpaired) electrons. The molecular formula is C8H8BrF3N2O. The van der Waals surface area contributed by atoms with Gasteiger partial charge in [0.2, 0.25) is 0 Å². The first-order valence-corrected chi connectivity index (χ1v) is 4.67. The minimum absolute atomic E-state index is 0.0292. The smallest absolute Gasteiger partial charge is 0.405 e. The number of hydrogen-bond donors (Lipinski definition) is 2. The second-order valence-electron chi connectivity index (χ2n) is 2.70. The van der Waals surface area contributed by atoms with Crippen molar-refractivity contribution >= 4 is 21.6 Å². The average Bonchev–Trinajstić information content (AvgIpc) is 2.09. The highest BCUT2D eigenvalue weighted by Gasteiger charge is 2.32. The van der Waals surface area contributed by atoms with Crippen LogP contribution in [0.4, 0.5) is 18.9 Å². The number of halogens is 4. The van der Waals surface area contributed by atoms with Crippen molar-refractivity contribution in [3.63, 3.8) is 0 Å². The summed E-state index contributed by atoms with van der Waals surface area (Å²) in [5.74, 6) is -0.350. The molecule has 0 saturated heterocycles. The van der Waals surface area contributed by atoms with Gasteiger partial charge in [-0.3, -0.25) is 0 Å². The first-order chi connectivity index (χ1) is 6.85. The van der Waals surface area contributed by atoms with E-state index in [9.17, 15) is 13.2 Å². The zero-order valence-corrected chi connectivity index (χ0v) is 9.02. The summed E-state index contributed by atoms with van der Waals surface area (Å²) >= 11 is 2.96. The van der Waals surface area contributed by atoms with Gasteiger partial charge in [0.25, 0.3) is 0 Å². The molecule has 0 atom stereocenters. The van der Waals surface area contributed by atoms with E-state index in [-0.39, 0.29) is 16.8 Å². The summed E-state index contributed by atoms with van der Waals surface area (Å²) in [5, 5.41) is 0. The fourth-order valence-corrected chi connectivity index (χ4v) is 1.63. The van der Waals surface area contributed by atoms with Crippen molar-refractivity contribution in [3.8, 4) is 5.75 Å². The van der Waals surface area contributed by atoms with Crippen molar-refractivity contribution < 1.29 is 17.9 Å². The summed E-state index contributed by atoms with van der Waals surface area (Å²) < 4.78 is 39.8. The highest BCUT2D eigenvalue weighted by molar-refractivity contribution is 9.10. The van der Waals surface area contributed by atoms with Crippen molar-refractivity contribution in [2.75, 3.05) is 5.73 Å². The van der Waals surface area contributed by atoms with Gasteiger partial charge >= 0.3 is 6.36 Å². The van der Waals surface area contributed by atoms with E-state index in [0.717, 1.165) is 6.07 Å². The van der Waals surface area contributed by atoms with Gasteiger partial charge < -0.3 is 16.2 Å². The molecule has 1 rings (SSSR count). The van der Waals surface area contributed by atoms with Crippen LogP contribution in [0, 0.1) is 0 Å². The fourth-order valence-electron chi connectivity index (χ4n) is 1.03. The Hall–Kier alpha value is -0.950. The molecule has 1 aromatic carbocycles. The second kappa shape index (κ2) is 4.28. The monoisotopic (exact) mass is 284 g/mol. The van der Waals surface area contributed by atoms with Gasteiger partial charge in [0.1, 0.15) is 5.75 Å². The molecule has 84 valence electrons. The van der Waals surface area contributed by atoms with E-state index >= 15 is 0 Å². The Bertz CT molecular complexity index is 368. The van der Waals surface area contributed by atoms with Crippen LogP contribution >= 0.6 is 15.9 Å². The lowest BCUT2D eigenvalue weighted by Crippen LogP contribution is -2.18. The van der Waals surface area contributed by atoms with Gasteiger partial charge in [-0.15, -0.1) is 13.2 Å². The van der Waals surface area contributed by atoms with Crippen molar-refractivity contribution in [1.29, 1.82) is 0 Å². The Balaban J connectivity index is 3.11. The quantitative estimate of drug-likeness (QED) is 0.820. The van der Waals surface area contributed by atoms with E-state index in [2.05, 4.69) is 20.7 Å². The number of rotatable bonds is 2. The molecule has 0 heterocycles. The maximum atomic E-state index is 12.0. The number of ether oxygens (including phenoxy) is 1. The number of nitrogen functional groups attached to an aromatic ring is 1. The molecule has 7 heteroatoms. The van der Waals surface area contributed by atoms with E-state index in [0.29, 0.717) is 11.3 Å². The summed E-state index contributed by atoms with van der Waals surface area (Å²) in [7, 11) is 0. The third-order valence-electron chi connectivity index (χ3n) is 1.67. The van der Waals surface area contributed by atoms with Crippen LogP contribution in [0.25, 0.3) is 0 Å². The largest absolute Gasteiger partial charge is 0.573 e. The molecule has 0 aliphatic carbocycles. The molecule has 0 aliphatic heterocycles. The van der Waals surface area contributed by atoms with Crippen molar-refractivity contribution in [1.82, 2.24) is 0 Å². The fraction of sp³-hybridized carbons (Fsp3) is 0.250. The molecular weight excluding hydrogens is 277 g/mol. The number of hydrogen-bond acceptors (Lipinski definition) is 3. The first-order valence-electron chi connectivity index (χ1n) is 3.88. The van der Waals surface area contributed by atoms with Crippen LogP contribution in [0.3, 0.4) is 0 Å². The van der Waals surface area contributed by atoms with Gasteiger partial charge in [0.15, 0.2) is 0 Å². The number of benzene rings is 1. The lowest BCUT2D eigenvalue weighted by atomic mass is 10.2. The van der Waals surface area contributed by atoms with Crippen LogP contribution in [-0.4, -0.2) is 6.36 Å². The van der Waals surface area contributed by atoms with Gasteiger partial charge in [-0.25, -0.2) is 0 Å². The van der Waals surface area contributed by atoms with Crippen LogP contribution in [0.15, 0.2) is 16.6 Å². The summed E-state index contributed by atoms with van der Waals surface area (Å²) in [6, 6.07) is 2.44. The van der Waals surface area contributed by atoms with Gasteiger partial charge in [0, 0.05) is 17.8 Å². The van der Waals surface area contributed by atoms with E-state index < -0.39 is 6.36 Å². The molecule has 0 spiro atoms. The summed E-state index contributed by atoms with van der Waals surface area (Å²) in [4.78, 5) is 0. The number of nitrogens with two attached hydrogens (primary N) is 2. The van der Waals surface area contributed by atoms with E-state index in [1.807, 2.05) is 0 Å². The molecule has 15 heavy (non-hydrogen) atoms. The summed E-state index contributed by atoms with van der Waals surface area (Å²) in [6.45, 7) is 0.0292. The molecule has 0 unspecified atom stereocenters. The normalized spacial score (nSPS) is 11.5. The maximum absolute atomic E-state index is 12.0. The van der Waals surface area contributed by atoms with Crippen LogP contribution in [0.1, 0.15) is 5.56 Å². The first kappa shape index (κ1) is 12.1. The zero-order chi connectivity index (χ0) is 11.6. The Morgan fingerprint density at radius 1 is 1.33 bits per heavy atom. The molecule has 0 amide bonds. The van der Waals surface area contributed by atoms with Gasteiger partial charge in [-0.2, -0.15) is 0 Å². The minimum atomic E-state index is -4.73. The highest BCUT2D eigenvalue weighted by Crippen LogP contribution is 2.35. The van der Waals surface area contributed by atoms with Crippen LogP contribution in [0.5, 0.6) is 5.75 Å². The molecule has 3 nitrogen and oxygen atoms in total. The second-order valence-corrected chi connectivity index (χ2v) is 3.49. The average molecular weight is 285 g/mol. The summed E-state index contributed by atoms with van der Waals surface area (Å²) in [6.07, 6.45) is -4.73. The molecule has 0 fully saturated rings. The lowest BCUT2D eigenvalue weighted by Gasteiger charge is -2.13. The number of alkyl halides is 3. The molecule has 0 aliphatic rings. The van der Waals surface area contributed by atoms with Crippen LogP contribution in [0.2, 0.25) is 0 Å². The van der Waals surface area contributed by atoms with E-state index in [4.69, 9.17) is 11.5 Å². The maximum Gasteiger partial charge on any atom is 0.573 e. The van der Waals surface area contributed by atoms with E-state index in [1.54, 1.807) is 0 Å². The van der Waals surface area contributed by atoms with Gasteiger partial charge in [-0.05, 0) is 28.1 Å². The molecule has 4 N–H and O–H groups in total. The lowest BCUT2D eigenvalue weighted by molar-refractivity contribution is -0.274. The summed E-state index contributed by atoms with van der Waals surface area (Å²) in [5.41, 5.74) is 11.6. The van der Waals surface area contributed by atoms with Gasteiger partial charge in [0.05, 0.1) is 4.47 Å². The topological polar surface area (TPSA) is 61.3 Å². The Labute approximate surface area is 92.3 Å². The molecule has 0 bridgehead atoms. The van der Waals surface area contributed by atoms with Crippen molar-refractivity contribution in [3.05, 3.63) is 22.2 Å². The molecule has 0 aromatic heterocycles. The number of anilines is 1. The minimum Gasteiger partial charge on any atom is -0.405 e.